The number of sulfonamides is 1. The first-order valence-corrected chi connectivity index (χ1v) is 10.6. The highest BCUT2D eigenvalue weighted by Gasteiger charge is 2.33. The second-order valence-corrected chi connectivity index (χ2v) is 8.73. The molecule has 5 nitrogen and oxygen atoms in total. The lowest BCUT2D eigenvalue weighted by Gasteiger charge is -2.37. The molecule has 0 amide bonds. The molecule has 0 aromatic heterocycles. The third kappa shape index (κ3) is 3.71. The van der Waals surface area contributed by atoms with Crippen LogP contribution in [0.3, 0.4) is 0 Å². The summed E-state index contributed by atoms with van der Waals surface area (Å²) in [6, 6.07) is 15.0. The van der Waals surface area contributed by atoms with Gasteiger partial charge in [0, 0.05) is 24.0 Å². The second kappa shape index (κ2) is 6.93. The zero-order valence-electron chi connectivity index (χ0n) is 14.1. The van der Waals surface area contributed by atoms with Gasteiger partial charge in [-0.25, -0.2) is 8.42 Å². The minimum Gasteiger partial charge on any atom is -0.457 e. The van der Waals surface area contributed by atoms with E-state index in [0.29, 0.717) is 23.2 Å². The Morgan fingerprint density at radius 2 is 1.65 bits per heavy atom. The summed E-state index contributed by atoms with van der Waals surface area (Å²) in [5.74, 6) is 2.25. The molecule has 2 aromatic carbocycles. The van der Waals surface area contributed by atoms with Crippen molar-refractivity contribution >= 4 is 27.5 Å². The van der Waals surface area contributed by atoms with Crippen molar-refractivity contribution in [3.8, 4) is 11.5 Å². The fraction of sp³-hybridized carbons (Fsp3) is 0.316. The number of fused-ring (bicyclic) bond motifs is 1. The lowest BCUT2D eigenvalue weighted by Crippen LogP contribution is -2.46. The summed E-state index contributed by atoms with van der Waals surface area (Å²) in [6.07, 6.45) is 1.94. The maximum Gasteiger partial charge on any atom is 0.256 e. The number of amidine groups is 1. The van der Waals surface area contributed by atoms with Gasteiger partial charge >= 0.3 is 0 Å². The molecule has 0 N–H and O–H groups in total. The van der Waals surface area contributed by atoms with E-state index in [1.54, 1.807) is 12.1 Å². The first kappa shape index (κ1) is 17.4. The van der Waals surface area contributed by atoms with Gasteiger partial charge in [-0.05, 0) is 54.8 Å². The van der Waals surface area contributed by atoms with Gasteiger partial charge in [-0.2, -0.15) is 0 Å². The SMILES string of the molecule is O=S1(=O)CCN2CCC[C@@H](c3ccc(Oc4ccc(Cl)cc4)cc3)C2=N1. The van der Waals surface area contributed by atoms with Crippen molar-refractivity contribution in [2.75, 3.05) is 18.8 Å². The Kier molecular flexibility index (Phi) is 4.63. The number of hydrogen-bond acceptors (Lipinski definition) is 4. The van der Waals surface area contributed by atoms with Crippen LogP contribution in [-0.2, 0) is 10.0 Å². The lowest BCUT2D eigenvalue weighted by atomic mass is 9.89. The van der Waals surface area contributed by atoms with E-state index >= 15 is 0 Å². The molecule has 0 unspecified atom stereocenters. The normalized spacial score (nSPS) is 21.7. The molecule has 1 saturated heterocycles. The minimum atomic E-state index is -3.34. The van der Waals surface area contributed by atoms with E-state index < -0.39 is 10.0 Å². The van der Waals surface area contributed by atoms with Crippen LogP contribution >= 0.6 is 11.6 Å². The predicted octanol–water partition coefficient (Wildman–Crippen LogP) is 4.05. The van der Waals surface area contributed by atoms with E-state index in [4.69, 9.17) is 16.3 Å². The highest BCUT2D eigenvalue weighted by Crippen LogP contribution is 2.33. The van der Waals surface area contributed by atoms with Gasteiger partial charge in [0.2, 0.25) is 0 Å². The van der Waals surface area contributed by atoms with E-state index in [1.807, 2.05) is 36.4 Å². The Labute approximate surface area is 158 Å². The summed E-state index contributed by atoms with van der Waals surface area (Å²) in [7, 11) is -3.34. The number of ether oxygens (including phenoxy) is 1. The number of hydrogen-bond donors (Lipinski definition) is 0. The summed E-state index contributed by atoms with van der Waals surface area (Å²) in [5, 5.41) is 0.665. The van der Waals surface area contributed by atoms with Crippen LogP contribution in [0.1, 0.15) is 24.3 Å². The van der Waals surface area contributed by atoms with Crippen LogP contribution in [0.2, 0.25) is 5.02 Å². The number of halogens is 1. The molecule has 0 saturated carbocycles. The molecule has 2 aliphatic heterocycles. The maximum absolute atomic E-state index is 11.9. The van der Waals surface area contributed by atoms with E-state index in [1.165, 1.54) is 0 Å². The molecule has 2 heterocycles. The average molecular weight is 391 g/mol. The van der Waals surface area contributed by atoms with Gasteiger partial charge in [0.1, 0.15) is 17.3 Å². The largest absolute Gasteiger partial charge is 0.457 e. The fourth-order valence-electron chi connectivity index (χ4n) is 3.43. The van der Waals surface area contributed by atoms with Gasteiger partial charge in [0.05, 0.1) is 5.75 Å². The number of piperidine rings is 1. The fourth-order valence-corrected chi connectivity index (χ4v) is 4.63. The Morgan fingerprint density at radius 3 is 2.35 bits per heavy atom. The first-order valence-electron chi connectivity index (χ1n) is 8.61. The Balaban J connectivity index is 1.56. The van der Waals surface area contributed by atoms with Crippen LogP contribution in [0.15, 0.2) is 52.9 Å². The van der Waals surface area contributed by atoms with Crippen molar-refractivity contribution in [1.82, 2.24) is 4.90 Å². The maximum atomic E-state index is 11.9. The molecule has 0 spiro atoms. The van der Waals surface area contributed by atoms with Gasteiger partial charge in [0.15, 0.2) is 0 Å². The third-order valence-corrected chi connectivity index (χ3v) is 6.16. The molecule has 1 fully saturated rings. The molecule has 4 rings (SSSR count). The van der Waals surface area contributed by atoms with Crippen LogP contribution < -0.4 is 4.74 Å². The number of rotatable bonds is 3. The Bertz CT molecular complexity index is 924. The highest BCUT2D eigenvalue weighted by molar-refractivity contribution is 7.90. The third-order valence-electron chi connectivity index (χ3n) is 4.74. The van der Waals surface area contributed by atoms with Crippen LogP contribution in [0.25, 0.3) is 0 Å². The van der Waals surface area contributed by atoms with Gasteiger partial charge in [-0.1, -0.05) is 23.7 Å². The summed E-state index contributed by atoms with van der Waals surface area (Å²) < 4.78 is 33.7. The van der Waals surface area contributed by atoms with E-state index in [0.717, 1.165) is 30.7 Å². The quantitative estimate of drug-likeness (QED) is 0.793. The smallest absolute Gasteiger partial charge is 0.256 e. The summed E-state index contributed by atoms with van der Waals surface area (Å²) >= 11 is 5.88. The molecular weight excluding hydrogens is 372 g/mol. The monoisotopic (exact) mass is 390 g/mol. The summed E-state index contributed by atoms with van der Waals surface area (Å²) in [4.78, 5) is 2.10. The predicted molar refractivity (Wildman–Crippen MR) is 103 cm³/mol. The molecule has 7 heteroatoms. The van der Waals surface area contributed by atoms with E-state index in [2.05, 4.69) is 9.30 Å². The van der Waals surface area contributed by atoms with Crippen molar-refractivity contribution in [2.45, 2.75) is 18.8 Å². The zero-order valence-corrected chi connectivity index (χ0v) is 15.7. The Morgan fingerprint density at radius 1 is 1.00 bits per heavy atom. The second-order valence-electron chi connectivity index (χ2n) is 6.54. The number of nitrogens with zero attached hydrogens (tertiary/aromatic N) is 2. The first-order chi connectivity index (χ1) is 12.5. The van der Waals surface area contributed by atoms with Crippen molar-refractivity contribution < 1.29 is 13.2 Å². The summed E-state index contributed by atoms with van der Waals surface area (Å²) in [5.41, 5.74) is 1.06. The number of benzene rings is 2. The van der Waals surface area contributed by atoms with Crippen LogP contribution in [-0.4, -0.2) is 38.0 Å². The van der Waals surface area contributed by atoms with Gasteiger partial charge < -0.3 is 9.64 Å². The van der Waals surface area contributed by atoms with Crippen LogP contribution in [0.5, 0.6) is 11.5 Å². The molecule has 2 aliphatic rings. The molecule has 0 radical (unpaired) electrons. The molecule has 2 aromatic rings. The topological polar surface area (TPSA) is 59.0 Å². The van der Waals surface area contributed by atoms with Crippen molar-refractivity contribution in [2.24, 2.45) is 4.40 Å². The highest BCUT2D eigenvalue weighted by atomic mass is 35.5. The van der Waals surface area contributed by atoms with Gasteiger partial charge in [0.25, 0.3) is 10.0 Å². The van der Waals surface area contributed by atoms with Crippen molar-refractivity contribution in [3.05, 3.63) is 59.1 Å². The Hall–Kier alpha value is -2.05. The van der Waals surface area contributed by atoms with Crippen LogP contribution in [0, 0.1) is 0 Å². The zero-order chi connectivity index (χ0) is 18.1. The average Bonchev–Trinajstić information content (AvgIpc) is 2.63. The molecule has 1 atom stereocenters. The molecule has 0 aliphatic carbocycles. The molecule has 0 bridgehead atoms. The molecular formula is C19H19ClN2O3S. The van der Waals surface area contributed by atoms with Crippen molar-refractivity contribution in [1.29, 1.82) is 0 Å². The van der Waals surface area contributed by atoms with Crippen LogP contribution in [0.4, 0.5) is 0 Å². The van der Waals surface area contributed by atoms with Gasteiger partial charge in [-0.15, -0.1) is 4.40 Å². The van der Waals surface area contributed by atoms with E-state index in [-0.39, 0.29) is 11.7 Å². The van der Waals surface area contributed by atoms with Gasteiger partial charge in [-0.3, -0.25) is 0 Å². The molecule has 136 valence electrons. The van der Waals surface area contributed by atoms with E-state index in [9.17, 15) is 8.42 Å². The lowest BCUT2D eigenvalue weighted by molar-refractivity contribution is 0.366. The molecule has 26 heavy (non-hydrogen) atoms. The minimum absolute atomic E-state index is 0.0170. The standard InChI is InChI=1S/C19H19ClN2O3S/c20-15-5-9-17(10-6-15)25-16-7-3-14(4-8-16)18-2-1-11-22-12-13-26(23,24)21-19(18)22/h3-10,18H,1-2,11-13H2/t18-/m0/s1. The summed E-state index contributed by atoms with van der Waals surface area (Å²) in [6.45, 7) is 1.41. The van der Waals surface area contributed by atoms with Crippen molar-refractivity contribution in [3.63, 3.8) is 0 Å².